The van der Waals surface area contributed by atoms with E-state index in [0.717, 1.165) is 23.1 Å². The van der Waals surface area contributed by atoms with E-state index in [1.54, 1.807) is 0 Å². The molecule has 1 aromatic rings. The third-order valence-corrected chi connectivity index (χ3v) is 6.49. The largest absolute Gasteiger partial charge is 0.507 e. The maximum Gasteiger partial charge on any atom is 0.331 e. The van der Waals surface area contributed by atoms with Crippen LogP contribution >= 0.6 is 7.60 Å². The Balaban J connectivity index is 3.47. The molecule has 0 saturated carbocycles. The van der Waals surface area contributed by atoms with E-state index in [1.165, 1.54) is 7.11 Å². The third-order valence-electron chi connectivity index (χ3n) is 4.60. The zero-order chi connectivity index (χ0) is 19.6. The summed E-state index contributed by atoms with van der Waals surface area (Å²) in [6.07, 6.45) is 1.90. The highest BCUT2D eigenvalue weighted by molar-refractivity contribution is 7.53. The monoisotopic (exact) mass is 370 g/mol. The van der Waals surface area contributed by atoms with Crippen LogP contribution in [0.15, 0.2) is 12.1 Å². The van der Waals surface area contributed by atoms with Gasteiger partial charge in [0.2, 0.25) is 0 Å². The van der Waals surface area contributed by atoms with Gasteiger partial charge in [0.05, 0.1) is 5.66 Å². The molecule has 0 spiro atoms. The first kappa shape index (κ1) is 22.2. The van der Waals surface area contributed by atoms with Crippen molar-refractivity contribution in [1.82, 2.24) is 0 Å². The van der Waals surface area contributed by atoms with Gasteiger partial charge in [0.1, 0.15) is 5.75 Å². The van der Waals surface area contributed by atoms with Crippen LogP contribution in [0.5, 0.6) is 5.75 Å². The van der Waals surface area contributed by atoms with Crippen LogP contribution in [0.1, 0.15) is 78.0 Å². The van der Waals surface area contributed by atoms with Gasteiger partial charge in [0, 0.05) is 7.11 Å². The fourth-order valence-electron chi connectivity index (χ4n) is 3.09. The summed E-state index contributed by atoms with van der Waals surface area (Å²) in [5.41, 5.74) is 1.84. The summed E-state index contributed by atoms with van der Waals surface area (Å²) in [6, 6.07) is 3.95. The molecule has 1 rings (SSSR count). The predicted octanol–water partition coefficient (Wildman–Crippen LogP) is 5.53. The molecule has 0 aromatic heterocycles. The second-order valence-corrected chi connectivity index (χ2v) is 11.2. The molecular weight excluding hydrogens is 335 g/mol. The summed E-state index contributed by atoms with van der Waals surface area (Å²) in [5.74, 6) is 0.328. The van der Waals surface area contributed by atoms with Crippen LogP contribution < -0.4 is 0 Å². The van der Waals surface area contributed by atoms with Gasteiger partial charge in [-0.2, -0.15) is 0 Å². The van der Waals surface area contributed by atoms with Crippen LogP contribution in [0.25, 0.3) is 0 Å². The lowest BCUT2D eigenvalue weighted by Gasteiger charge is -2.29. The molecule has 0 amide bonds. The molecule has 5 heteroatoms. The maximum absolute atomic E-state index is 12.4. The van der Waals surface area contributed by atoms with E-state index < -0.39 is 13.3 Å². The van der Waals surface area contributed by atoms with Gasteiger partial charge in [-0.1, -0.05) is 67.0 Å². The molecule has 4 nitrogen and oxygen atoms in total. The Morgan fingerprint density at radius 3 is 1.84 bits per heavy atom. The van der Waals surface area contributed by atoms with Gasteiger partial charge in [-0.3, -0.25) is 4.57 Å². The van der Waals surface area contributed by atoms with Crippen molar-refractivity contribution in [3.8, 4) is 5.75 Å². The molecule has 0 aliphatic carbocycles. The maximum atomic E-state index is 12.4. The molecule has 2 unspecified atom stereocenters. The van der Waals surface area contributed by atoms with E-state index >= 15 is 0 Å². The Labute approximate surface area is 153 Å². The molecule has 144 valence electrons. The van der Waals surface area contributed by atoms with Crippen molar-refractivity contribution in [3.63, 3.8) is 0 Å². The minimum absolute atomic E-state index is 0.218. The van der Waals surface area contributed by atoms with Crippen LogP contribution in [0.3, 0.4) is 0 Å². The minimum atomic E-state index is -3.65. The van der Waals surface area contributed by atoms with Crippen molar-refractivity contribution in [2.75, 3.05) is 7.11 Å². The lowest BCUT2D eigenvalue weighted by atomic mass is 9.78. The van der Waals surface area contributed by atoms with Crippen molar-refractivity contribution >= 4 is 7.60 Å². The van der Waals surface area contributed by atoms with Gasteiger partial charge in [0.15, 0.2) is 0 Å². The van der Waals surface area contributed by atoms with E-state index in [9.17, 15) is 14.6 Å². The standard InChI is InChI=1S/C20H35O4P/c1-9-10-15(25(22,23)24-8)11-14-12-16(19(2,3)4)18(21)17(13-14)20(5,6)7/h12-13,15,21H,9-11H2,1-8H3,(H,22,23). The molecule has 0 fully saturated rings. The van der Waals surface area contributed by atoms with Crippen molar-refractivity contribution in [3.05, 3.63) is 28.8 Å². The van der Waals surface area contributed by atoms with E-state index in [0.29, 0.717) is 18.6 Å². The topological polar surface area (TPSA) is 66.8 Å². The van der Waals surface area contributed by atoms with Gasteiger partial charge < -0.3 is 14.5 Å². The van der Waals surface area contributed by atoms with Crippen LogP contribution in [0, 0.1) is 0 Å². The molecule has 0 aliphatic heterocycles. The molecule has 0 bridgehead atoms. The average Bonchev–Trinajstić information content (AvgIpc) is 2.45. The summed E-state index contributed by atoms with van der Waals surface area (Å²) in [4.78, 5) is 10.2. The lowest BCUT2D eigenvalue weighted by Crippen LogP contribution is -2.19. The summed E-state index contributed by atoms with van der Waals surface area (Å²) in [7, 11) is -2.36. The van der Waals surface area contributed by atoms with Crippen molar-refractivity contribution in [2.24, 2.45) is 0 Å². The van der Waals surface area contributed by atoms with Gasteiger partial charge in [-0.05, 0) is 40.4 Å². The van der Waals surface area contributed by atoms with Crippen LogP contribution in [0.4, 0.5) is 0 Å². The van der Waals surface area contributed by atoms with Gasteiger partial charge >= 0.3 is 7.60 Å². The first-order valence-corrected chi connectivity index (χ1v) is 10.6. The molecule has 0 heterocycles. The Hall–Kier alpha value is -0.830. The molecule has 0 aliphatic rings. The molecule has 0 saturated heterocycles. The van der Waals surface area contributed by atoms with E-state index in [-0.39, 0.29) is 10.8 Å². The molecule has 0 radical (unpaired) electrons. The highest BCUT2D eigenvalue weighted by Gasteiger charge is 2.32. The van der Waals surface area contributed by atoms with Crippen LogP contribution in [0.2, 0.25) is 0 Å². The molecule has 1 aromatic carbocycles. The normalized spacial score (nSPS) is 16.5. The fourth-order valence-corrected chi connectivity index (χ4v) is 4.41. The zero-order valence-corrected chi connectivity index (χ0v) is 17.9. The fraction of sp³-hybridized carbons (Fsp3) is 0.700. The summed E-state index contributed by atoms with van der Waals surface area (Å²) >= 11 is 0. The molecule has 2 N–H and O–H groups in total. The number of phenolic OH excluding ortho intramolecular Hbond substituents is 1. The number of benzene rings is 1. The number of aromatic hydroxyl groups is 1. The molecule has 2 atom stereocenters. The van der Waals surface area contributed by atoms with E-state index in [2.05, 4.69) is 41.5 Å². The first-order valence-electron chi connectivity index (χ1n) is 8.99. The SMILES string of the molecule is CCCC(Cc1cc(C(C)(C)C)c(O)c(C(C)(C)C)c1)P(=O)(O)OC. The Morgan fingerprint density at radius 2 is 1.52 bits per heavy atom. The Morgan fingerprint density at radius 1 is 1.08 bits per heavy atom. The smallest absolute Gasteiger partial charge is 0.331 e. The summed E-state index contributed by atoms with van der Waals surface area (Å²) in [6.45, 7) is 14.4. The number of rotatable bonds is 6. The predicted molar refractivity (Wildman–Crippen MR) is 105 cm³/mol. The lowest BCUT2D eigenvalue weighted by molar-refractivity contribution is 0.300. The van der Waals surface area contributed by atoms with Gasteiger partial charge in [-0.25, -0.2) is 0 Å². The molecular formula is C20H35O4P. The van der Waals surface area contributed by atoms with Gasteiger partial charge in [-0.15, -0.1) is 0 Å². The third kappa shape index (κ3) is 5.57. The Kier molecular flexibility index (Phi) is 6.94. The van der Waals surface area contributed by atoms with Crippen LogP contribution in [-0.2, 0) is 26.3 Å². The number of phenols is 1. The molecule has 25 heavy (non-hydrogen) atoms. The highest BCUT2D eigenvalue weighted by atomic mass is 31.2. The Bertz CT molecular complexity index is 603. The minimum Gasteiger partial charge on any atom is -0.507 e. The summed E-state index contributed by atoms with van der Waals surface area (Å²) < 4.78 is 17.3. The van der Waals surface area contributed by atoms with E-state index in [4.69, 9.17) is 4.52 Å². The number of hydrogen-bond acceptors (Lipinski definition) is 3. The van der Waals surface area contributed by atoms with Crippen LogP contribution in [-0.4, -0.2) is 22.8 Å². The second kappa shape index (κ2) is 7.82. The van der Waals surface area contributed by atoms with E-state index in [1.807, 2.05) is 19.1 Å². The second-order valence-electron chi connectivity index (χ2n) is 8.93. The van der Waals surface area contributed by atoms with Gasteiger partial charge in [0.25, 0.3) is 0 Å². The quantitative estimate of drug-likeness (QED) is 0.646. The van der Waals surface area contributed by atoms with Crippen molar-refractivity contribution < 1.29 is 19.1 Å². The summed E-state index contributed by atoms with van der Waals surface area (Å²) in [5, 5.41) is 10.8. The zero-order valence-electron chi connectivity index (χ0n) is 17.0. The average molecular weight is 370 g/mol. The highest BCUT2D eigenvalue weighted by Crippen LogP contribution is 2.50. The van der Waals surface area contributed by atoms with Crippen molar-refractivity contribution in [2.45, 2.75) is 84.2 Å². The van der Waals surface area contributed by atoms with Crippen molar-refractivity contribution in [1.29, 1.82) is 0 Å². The number of hydrogen-bond donors (Lipinski definition) is 2. The first-order chi connectivity index (χ1) is 11.2.